The Morgan fingerprint density at radius 1 is 1.21 bits per heavy atom. The van der Waals surface area contributed by atoms with Crippen molar-refractivity contribution < 1.29 is 19.4 Å². The summed E-state index contributed by atoms with van der Waals surface area (Å²) in [6.07, 6.45) is 6.70. The molecule has 1 aliphatic heterocycles. The molecule has 0 radical (unpaired) electrons. The number of nitrogens with zero attached hydrogens (tertiary/aromatic N) is 3. The van der Waals surface area contributed by atoms with Crippen LogP contribution in [0.2, 0.25) is 0 Å². The van der Waals surface area contributed by atoms with Crippen molar-refractivity contribution in [3.8, 4) is 5.75 Å². The minimum Gasteiger partial charge on any atom is -0.494 e. The van der Waals surface area contributed by atoms with Gasteiger partial charge in [0.15, 0.2) is 0 Å². The number of carboxylic acids is 1. The van der Waals surface area contributed by atoms with Gasteiger partial charge in [-0.1, -0.05) is 19.1 Å². The highest BCUT2D eigenvalue weighted by Crippen LogP contribution is 2.23. The van der Waals surface area contributed by atoms with Crippen LogP contribution in [0.15, 0.2) is 36.7 Å². The maximum absolute atomic E-state index is 12.5. The van der Waals surface area contributed by atoms with Crippen LogP contribution in [0.25, 0.3) is 0 Å². The first-order chi connectivity index (χ1) is 13.6. The average molecular weight is 385 g/mol. The van der Waals surface area contributed by atoms with Crippen LogP contribution in [0.3, 0.4) is 0 Å². The summed E-state index contributed by atoms with van der Waals surface area (Å²) < 4.78 is 7.29. The zero-order valence-corrected chi connectivity index (χ0v) is 16.2. The lowest BCUT2D eigenvalue weighted by Crippen LogP contribution is -2.39. The number of rotatable bonds is 8. The fraction of sp³-hybridized carbons (Fsp3) is 0.476. The van der Waals surface area contributed by atoms with Crippen LogP contribution < -0.4 is 4.74 Å². The molecule has 1 amide bonds. The molecular weight excluding hydrogens is 358 g/mol. The third-order valence-corrected chi connectivity index (χ3v) is 5.06. The molecule has 1 aromatic carbocycles. The SMILES string of the molecule is CCCOc1ccc(CCC(=O)N2CCC(n3cc(C(=O)O)cn3)CC2)cc1. The number of aromatic nitrogens is 2. The van der Waals surface area contributed by atoms with Gasteiger partial charge in [0.25, 0.3) is 0 Å². The van der Waals surface area contributed by atoms with Gasteiger partial charge in [-0.05, 0) is 43.4 Å². The van der Waals surface area contributed by atoms with Crippen molar-refractivity contribution in [1.82, 2.24) is 14.7 Å². The van der Waals surface area contributed by atoms with Crippen molar-refractivity contribution in [2.45, 2.75) is 45.1 Å². The number of ether oxygens (including phenoxy) is 1. The van der Waals surface area contributed by atoms with Gasteiger partial charge in [0.05, 0.1) is 24.4 Å². The molecule has 28 heavy (non-hydrogen) atoms. The Morgan fingerprint density at radius 2 is 1.93 bits per heavy atom. The number of carbonyl (C=O) groups is 2. The highest BCUT2D eigenvalue weighted by atomic mass is 16.5. The molecule has 1 aromatic heterocycles. The Kier molecular flexibility index (Phi) is 6.68. The average Bonchev–Trinajstić information content (AvgIpc) is 3.22. The number of hydrogen-bond donors (Lipinski definition) is 1. The molecule has 0 spiro atoms. The summed E-state index contributed by atoms with van der Waals surface area (Å²) in [6, 6.07) is 8.09. The van der Waals surface area contributed by atoms with Gasteiger partial charge in [0.2, 0.25) is 5.91 Å². The van der Waals surface area contributed by atoms with E-state index in [0.29, 0.717) is 32.5 Å². The van der Waals surface area contributed by atoms with Gasteiger partial charge in [-0.15, -0.1) is 0 Å². The lowest BCUT2D eigenvalue weighted by atomic mass is 10.0. The topological polar surface area (TPSA) is 84.7 Å². The molecule has 1 saturated heterocycles. The molecule has 2 aromatic rings. The standard InChI is InChI=1S/C21H27N3O4/c1-2-13-28-19-6-3-16(4-7-19)5-8-20(25)23-11-9-18(10-12-23)24-15-17(14-22-24)21(26)27/h3-4,6-7,14-15,18H,2,5,8-13H2,1H3,(H,26,27). The number of benzene rings is 1. The van der Waals surface area contributed by atoms with Crippen molar-refractivity contribution in [2.24, 2.45) is 0 Å². The van der Waals surface area contributed by atoms with Crippen LogP contribution in [0.5, 0.6) is 5.75 Å². The van der Waals surface area contributed by atoms with Gasteiger partial charge < -0.3 is 14.7 Å². The van der Waals surface area contributed by atoms with E-state index in [4.69, 9.17) is 9.84 Å². The van der Waals surface area contributed by atoms with Crippen molar-refractivity contribution in [3.63, 3.8) is 0 Å². The maximum Gasteiger partial charge on any atom is 0.338 e. The zero-order valence-electron chi connectivity index (χ0n) is 16.2. The number of amides is 1. The molecule has 3 rings (SSSR count). The monoisotopic (exact) mass is 385 g/mol. The molecule has 0 saturated carbocycles. The molecular formula is C21H27N3O4. The second kappa shape index (κ2) is 9.39. The molecule has 0 atom stereocenters. The van der Waals surface area contributed by atoms with Gasteiger partial charge in [0, 0.05) is 25.7 Å². The molecule has 1 fully saturated rings. The molecule has 7 nitrogen and oxygen atoms in total. The summed E-state index contributed by atoms with van der Waals surface area (Å²) in [6.45, 7) is 4.14. The summed E-state index contributed by atoms with van der Waals surface area (Å²) in [5.74, 6) is 0.0592. The van der Waals surface area contributed by atoms with Crippen LogP contribution in [0.1, 0.15) is 54.6 Å². The Bertz CT molecular complexity index is 792. The van der Waals surface area contributed by atoms with E-state index in [1.54, 1.807) is 10.9 Å². The fourth-order valence-corrected chi connectivity index (χ4v) is 3.41. The highest BCUT2D eigenvalue weighted by Gasteiger charge is 2.24. The zero-order chi connectivity index (χ0) is 19.9. The van der Waals surface area contributed by atoms with E-state index >= 15 is 0 Å². The van der Waals surface area contributed by atoms with E-state index in [1.165, 1.54) is 6.20 Å². The largest absolute Gasteiger partial charge is 0.494 e. The Morgan fingerprint density at radius 3 is 2.54 bits per heavy atom. The van der Waals surface area contributed by atoms with Crippen molar-refractivity contribution in [2.75, 3.05) is 19.7 Å². The van der Waals surface area contributed by atoms with E-state index < -0.39 is 5.97 Å². The predicted octanol–water partition coefficient (Wildman–Crippen LogP) is 3.17. The van der Waals surface area contributed by atoms with Gasteiger partial charge in [-0.2, -0.15) is 5.10 Å². The van der Waals surface area contributed by atoms with Crippen LogP contribution in [0, 0.1) is 0 Å². The first kappa shape index (κ1) is 19.9. The van der Waals surface area contributed by atoms with Crippen molar-refractivity contribution in [3.05, 3.63) is 47.8 Å². The number of hydrogen-bond acceptors (Lipinski definition) is 4. The van der Waals surface area contributed by atoms with Crippen LogP contribution in [-0.2, 0) is 11.2 Å². The minimum atomic E-state index is -0.969. The number of piperidine rings is 1. The van der Waals surface area contributed by atoms with E-state index in [9.17, 15) is 9.59 Å². The predicted molar refractivity (Wildman–Crippen MR) is 105 cm³/mol. The first-order valence-electron chi connectivity index (χ1n) is 9.83. The van der Waals surface area contributed by atoms with Crippen LogP contribution in [0.4, 0.5) is 0 Å². The van der Waals surface area contributed by atoms with Crippen LogP contribution >= 0.6 is 0 Å². The van der Waals surface area contributed by atoms with Gasteiger partial charge in [0.1, 0.15) is 5.75 Å². The Hall–Kier alpha value is -2.83. The highest BCUT2D eigenvalue weighted by molar-refractivity contribution is 5.86. The maximum atomic E-state index is 12.5. The van der Waals surface area contributed by atoms with E-state index in [1.807, 2.05) is 29.2 Å². The van der Waals surface area contributed by atoms with E-state index in [2.05, 4.69) is 12.0 Å². The summed E-state index contributed by atoms with van der Waals surface area (Å²) >= 11 is 0. The molecule has 1 N–H and O–H groups in total. The third kappa shape index (κ3) is 5.12. The van der Waals surface area contributed by atoms with Gasteiger partial charge in [-0.3, -0.25) is 9.48 Å². The number of carbonyl (C=O) groups excluding carboxylic acids is 1. The summed E-state index contributed by atoms with van der Waals surface area (Å²) in [4.78, 5) is 25.4. The van der Waals surface area contributed by atoms with Crippen LogP contribution in [-0.4, -0.2) is 51.4 Å². The van der Waals surface area contributed by atoms with Crippen molar-refractivity contribution >= 4 is 11.9 Å². The first-order valence-corrected chi connectivity index (χ1v) is 9.83. The fourth-order valence-electron chi connectivity index (χ4n) is 3.41. The normalized spacial score (nSPS) is 14.8. The summed E-state index contributed by atoms with van der Waals surface area (Å²) in [7, 11) is 0. The quantitative estimate of drug-likeness (QED) is 0.754. The number of aryl methyl sites for hydroxylation is 1. The summed E-state index contributed by atoms with van der Waals surface area (Å²) in [5.41, 5.74) is 1.33. The number of carboxylic acid groups (broad SMARTS) is 1. The van der Waals surface area contributed by atoms with Gasteiger partial charge in [-0.25, -0.2) is 4.79 Å². The minimum absolute atomic E-state index is 0.146. The molecule has 0 unspecified atom stereocenters. The molecule has 0 bridgehead atoms. The molecule has 0 aliphatic carbocycles. The molecule has 7 heteroatoms. The van der Waals surface area contributed by atoms with E-state index in [0.717, 1.165) is 30.6 Å². The molecule has 2 heterocycles. The summed E-state index contributed by atoms with van der Waals surface area (Å²) in [5, 5.41) is 13.2. The molecule has 150 valence electrons. The van der Waals surface area contributed by atoms with Crippen molar-refractivity contribution in [1.29, 1.82) is 0 Å². The lowest BCUT2D eigenvalue weighted by molar-refractivity contribution is -0.132. The second-order valence-electron chi connectivity index (χ2n) is 7.12. The number of likely N-dealkylation sites (tertiary alicyclic amines) is 1. The van der Waals surface area contributed by atoms with E-state index in [-0.39, 0.29) is 17.5 Å². The molecule has 1 aliphatic rings. The second-order valence-corrected chi connectivity index (χ2v) is 7.12. The number of aromatic carboxylic acids is 1. The lowest BCUT2D eigenvalue weighted by Gasteiger charge is -2.32. The smallest absolute Gasteiger partial charge is 0.338 e. The van der Waals surface area contributed by atoms with Gasteiger partial charge >= 0.3 is 5.97 Å². The Balaban J connectivity index is 1.44. The third-order valence-electron chi connectivity index (χ3n) is 5.06. The Labute approximate surface area is 164 Å².